The smallest absolute Gasteiger partial charge is 0.160 e. The van der Waals surface area contributed by atoms with Gasteiger partial charge in [-0.2, -0.15) is 0 Å². The second-order valence-corrected chi connectivity index (χ2v) is 26.4. The number of hydrogen-bond donors (Lipinski definition) is 0. The Balaban J connectivity index is 0.000000151. The predicted molar refractivity (Wildman–Crippen MR) is 440 cm³/mol. The number of rotatable bonds is 13. The minimum absolute atomic E-state index is 0.697. The Morgan fingerprint density at radius 1 is 0.142 bits per heavy atom. The normalized spacial score (nSPS) is 11.2. The Morgan fingerprint density at radius 2 is 0.387 bits per heavy atom. The summed E-state index contributed by atoms with van der Waals surface area (Å²) in [5.41, 5.74) is 27.5. The average molecular weight is 1350 g/mol. The van der Waals surface area contributed by atoms with Gasteiger partial charge in [0, 0.05) is 76.8 Å². The minimum atomic E-state index is 0.697. The molecule has 6 nitrogen and oxygen atoms in total. The molecule has 0 radical (unpaired) electrons. The van der Waals surface area contributed by atoms with Crippen molar-refractivity contribution in [3.8, 4) is 146 Å². The van der Waals surface area contributed by atoms with Crippen LogP contribution in [-0.2, 0) is 0 Å². The van der Waals surface area contributed by atoms with Crippen LogP contribution in [0.5, 0.6) is 0 Å². The van der Waals surface area contributed by atoms with E-state index in [1.165, 1.54) is 38.6 Å². The quantitative estimate of drug-likeness (QED) is 0.107. The van der Waals surface area contributed by atoms with Gasteiger partial charge < -0.3 is 0 Å². The molecule has 0 fully saturated rings. The van der Waals surface area contributed by atoms with Gasteiger partial charge >= 0.3 is 0 Å². The molecular weight excluding hydrogens is 1290 g/mol. The van der Waals surface area contributed by atoms with Crippen LogP contribution in [0.15, 0.2) is 400 Å². The number of hydrogen-bond acceptors (Lipinski definition) is 6. The van der Waals surface area contributed by atoms with E-state index in [-0.39, 0.29) is 0 Å². The molecule has 496 valence electrons. The second kappa shape index (κ2) is 28.7. The zero-order valence-corrected chi connectivity index (χ0v) is 57.8. The van der Waals surface area contributed by atoms with Crippen LogP contribution in [0.1, 0.15) is 0 Å². The highest BCUT2D eigenvalue weighted by atomic mass is 14.9. The SMILES string of the molecule is c1ccc(-c2cc(-c3ccc(-c4ccc5nc(-c6ccccc6)c6cccc(-c7ccccc7)c6c5c4)cc3)nc(-c3ccccc3)n2)cc1.c1ccc(-c2ccc(-c3nc(-c4ccccc4)cc(-c4ccc(-c5ccc6nc(-c7ccccc7)c7cccc(-c8ccccc8)c7c6c5)cc4)n3)cc2)cc1. The molecule has 4 heterocycles. The van der Waals surface area contributed by atoms with Gasteiger partial charge in [-0.1, -0.05) is 364 Å². The first-order valence-electron chi connectivity index (χ1n) is 35.8. The van der Waals surface area contributed by atoms with Crippen molar-refractivity contribution in [3.05, 3.63) is 400 Å². The molecule has 106 heavy (non-hydrogen) atoms. The predicted octanol–water partition coefficient (Wildman–Crippen LogP) is 26.0. The maximum absolute atomic E-state index is 5.27. The van der Waals surface area contributed by atoms with Crippen LogP contribution in [0.3, 0.4) is 0 Å². The summed E-state index contributed by atoms with van der Waals surface area (Å²) in [6.45, 7) is 0. The lowest BCUT2D eigenvalue weighted by atomic mass is 9.91. The maximum atomic E-state index is 5.27. The van der Waals surface area contributed by atoms with E-state index in [0.29, 0.717) is 11.6 Å². The molecule has 0 saturated heterocycles. The van der Waals surface area contributed by atoms with Crippen LogP contribution >= 0.6 is 0 Å². The highest BCUT2D eigenvalue weighted by Gasteiger charge is 2.20. The number of pyridine rings is 2. The van der Waals surface area contributed by atoms with Crippen molar-refractivity contribution in [2.45, 2.75) is 0 Å². The molecule has 0 aliphatic rings. The molecule has 0 saturated carbocycles. The molecule has 19 aromatic rings. The molecule has 0 aliphatic carbocycles. The summed E-state index contributed by atoms with van der Waals surface area (Å²) in [5, 5.41) is 6.97. The van der Waals surface area contributed by atoms with Crippen molar-refractivity contribution in [2.75, 3.05) is 0 Å². The Kier molecular flexibility index (Phi) is 17.3. The lowest BCUT2D eigenvalue weighted by Gasteiger charge is -2.15. The molecule has 6 heteroatoms. The molecule has 0 aliphatic heterocycles. The fourth-order valence-corrected chi connectivity index (χ4v) is 14.5. The Labute approximate surface area is 615 Å². The molecule has 0 amide bonds. The van der Waals surface area contributed by atoms with Gasteiger partial charge in [-0.25, -0.2) is 29.9 Å². The van der Waals surface area contributed by atoms with Gasteiger partial charge in [-0.15, -0.1) is 0 Å². The van der Waals surface area contributed by atoms with Crippen LogP contribution in [0, 0.1) is 0 Å². The number of benzene rings is 15. The van der Waals surface area contributed by atoms with Gasteiger partial charge in [0.05, 0.1) is 45.2 Å². The van der Waals surface area contributed by atoms with Crippen LogP contribution in [0.25, 0.3) is 189 Å². The summed E-state index contributed by atoms with van der Waals surface area (Å²) in [6.07, 6.45) is 0. The highest BCUT2D eigenvalue weighted by molar-refractivity contribution is 6.19. The summed E-state index contributed by atoms with van der Waals surface area (Å²) in [7, 11) is 0. The van der Waals surface area contributed by atoms with Crippen molar-refractivity contribution in [1.82, 2.24) is 29.9 Å². The second-order valence-electron chi connectivity index (χ2n) is 26.4. The van der Waals surface area contributed by atoms with E-state index in [2.05, 4.69) is 340 Å². The standard InChI is InChI=1S/C53H35N3.C47H31N3/c1-5-14-36(15-6-1)37-26-30-43(31-27-37)53-55-49(40-18-9-3-10-19-40)35-50(56-53)41-28-24-38(25-29-41)44-32-33-48-47(34-44)51-45(39-16-7-2-8-17-39)22-13-23-46(51)52(54-48)42-20-11-4-12-21-42;1-5-14-33(15-6-1)39-22-13-23-40-45(39)41-30-38(28-29-42(41)48-46(40)36-18-9-3-10-19-36)32-24-26-35(27-25-32)44-31-43(34-16-7-2-8-17-34)49-47(50-44)37-20-11-4-12-21-37/h1-35H;1-31H. The van der Waals surface area contributed by atoms with Gasteiger partial charge in [0.1, 0.15) is 0 Å². The summed E-state index contributed by atoms with van der Waals surface area (Å²) in [5.74, 6) is 1.41. The molecule has 0 atom stereocenters. The molecule has 0 spiro atoms. The number of fused-ring (bicyclic) bond motifs is 6. The molecule has 0 N–H and O–H groups in total. The molecule has 4 aromatic heterocycles. The van der Waals surface area contributed by atoms with E-state index in [4.69, 9.17) is 29.9 Å². The van der Waals surface area contributed by atoms with Crippen LogP contribution < -0.4 is 0 Å². The molecule has 0 bridgehead atoms. The van der Waals surface area contributed by atoms with E-state index < -0.39 is 0 Å². The monoisotopic (exact) mass is 1350 g/mol. The van der Waals surface area contributed by atoms with Gasteiger partial charge in [0.15, 0.2) is 11.6 Å². The van der Waals surface area contributed by atoms with E-state index >= 15 is 0 Å². The van der Waals surface area contributed by atoms with Crippen LogP contribution in [0.4, 0.5) is 0 Å². The van der Waals surface area contributed by atoms with Gasteiger partial charge in [0.2, 0.25) is 0 Å². The summed E-state index contributed by atoms with van der Waals surface area (Å²) in [6, 6.07) is 140. The summed E-state index contributed by atoms with van der Waals surface area (Å²) in [4.78, 5) is 30.7. The van der Waals surface area contributed by atoms with Crippen LogP contribution in [-0.4, -0.2) is 29.9 Å². The van der Waals surface area contributed by atoms with E-state index in [9.17, 15) is 0 Å². The molecule has 0 unspecified atom stereocenters. The first-order chi connectivity index (χ1) is 52.5. The third-order valence-corrected chi connectivity index (χ3v) is 19.8. The minimum Gasteiger partial charge on any atom is -0.247 e. The Morgan fingerprint density at radius 3 is 0.736 bits per heavy atom. The zero-order chi connectivity index (χ0) is 70.5. The topological polar surface area (TPSA) is 77.3 Å². The first-order valence-corrected chi connectivity index (χ1v) is 35.8. The number of nitrogens with zero attached hydrogens (tertiary/aromatic N) is 6. The third-order valence-electron chi connectivity index (χ3n) is 19.8. The Bertz CT molecular complexity index is 6290. The fraction of sp³-hybridized carbons (Fsp3) is 0. The van der Waals surface area contributed by atoms with E-state index in [1.54, 1.807) is 0 Å². The van der Waals surface area contributed by atoms with Crippen molar-refractivity contribution in [3.63, 3.8) is 0 Å². The average Bonchev–Trinajstić information content (AvgIpc) is 0.746. The maximum Gasteiger partial charge on any atom is 0.160 e. The van der Waals surface area contributed by atoms with Crippen molar-refractivity contribution in [2.24, 2.45) is 0 Å². The lowest BCUT2D eigenvalue weighted by Crippen LogP contribution is -1.96. The Hall–Kier alpha value is -14.2. The van der Waals surface area contributed by atoms with E-state index in [0.717, 1.165) is 139 Å². The lowest BCUT2D eigenvalue weighted by molar-refractivity contribution is 1.18. The van der Waals surface area contributed by atoms with Gasteiger partial charge in [0.25, 0.3) is 0 Å². The van der Waals surface area contributed by atoms with Crippen molar-refractivity contribution < 1.29 is 0 Å². The third kappa shape index (κ3) is 13.0. The number of aromatic nitrogens is 6. The zero-order valence-electron chi connectivity index (χ0n) is 57.8. The van der Waals surface area contributed by atoms with Crippen molar-refractivity contribution in [1.29, 1.82) is 0 Å². The van der Waals surface area contributed by atoms with Crippen LogP contribution in [0.2, 0.25) is 0 Å². The highest BCUT2D eigenvalue weighted by Crippen LogP contribution is 2.43. The largest absolute Gasteiger partial charge is 0.247 e. The first kappa shape index (κ1) is 63.9. The fourth-order valence-electron chi connectivity index (χ4n) is 14.5. The molecular formula is C100H66N6. The molecule has 15 aromatic carbocycles. The summed E-state index contributed by atoms with van der Waals surface area (Å²) >= 11 is 0. The van der Waals surface area contributed by atoms with Gasteiger partial charge in [-0.3, -0.25) is 0 Å². The molecule has 19 rings (SSSR count). The van der Waals surface area contributed by atoms with E-state index in [1.807, 2.05) is 60.7 Å². The van der Waals surface area contributed by atoms with Crippen molar-refractivity contribution >= 4 is 43.4 Å². The van der Waals surface area contributed by atoms with Gasteiger partial charge in [-0.05, 0) is 92.0 Å². The summed E-state index contributed by atoms with van der Waals surface area (Å²) < 4.78 is 0.